The Hall–Kier alpha value is -3.55. The van der Waals surface area contributed by atoms with Gasteiger partial charge in [0, 0.05) is 34.5 Å². The zero-order chi connectivity index (χ0) is 33.5. The second-order valence-electron chi connectivity index (χ2n) is 11.8. The minimum atomic E-state index is -5.09. The number of halogens is 6. The van der Waals surface area contributed by atoms with Crippen LogP contribution in [0.15, 0.2) is 29.9 Å². The number of aromatic nitrogens is 2. The molecule has 16 heteroatoms. The Bertz CT molecular complexity index is 1780. The van der Waals surface area contributed by atoms with Crippen molar-refractivity contribution in [3.63, 3.8) is 0 Å². The summed E-state index contributed by atoms with van der Waals surface area (Å²) in [6.45, 7) is 1.06. The lowest BCUT2D eigenvalue weighted by Gasteiger charge is -2.31. The SMILES string of the molecule is N#Cc1c(/C(=C\C=C\F)c2c(Cl)cc3c(O[C@H]4CCN[C@@H]4CO)nc(OC[C@@]45CCCN4C[C@H](F)C5)nc3c2C(F)(F)F)csc1N. The van der Waals surface area contributed by atoms with Crippen molar-refractivity contribution in [1.82, 2.24) is 20.2 Å². The number of nitriles is 1. The van der Waals surface area contributed by atoms with Gasteiger partial charge in [-0.1, -0.05) is 17.7 Å². The molecule has 1 aromatic carbocycles. The molecule has 0 unspecified atom stereocenters. The van der Waals surface area contributed by atoms with Crippen LogP contribution >= 0.6 is 22.9 Å². The molecule has 3 saturated heterocycles. The topological polar surface area (TPSA) is 130 Å². The van der Waals surface area contributed by atoms with Gasteiger partial charge < -0.3 is 25.6 Å². The second-order valence-corrected chi connectivity index (χ2v) is 13.1. The lowest BCUT2D eigenvalue weighted by atomic mass is 9.90. The summed E-state index contributed by atoms with van der Waals surface area (Å²) in [5.41, 5.74) is 2.53. The maximum atomic E-state index is 15.3. The van der Waals surface area contributed by atoms with Gasteiger partial charge >= 0.3 is 12.2 Å². The van der Waals surface area contributed by atoms with Crippen LogP contribution in [-0.2, 0) is 6.18 Å². The summed E-state index contributed by atoms with van der Waals surface area (Å²) in [5, 5.41) is 23.5. The lowest BCUT2D eigenvalue weighted by molar-refractivity contribution is -0.136. The smallest absolute Gasteiger partial charge is 0.419 e. The molecule has 3 fully saturated rings. The Balaban J connectivity index is 1.56. The third kappa shape index (κ3) is 6.25. The fourth-order valence-electron chi connectivity index (χ4n) is 6.86. The quantitative estimate of drug-likeness (QED) is 0.188. The number of ether oxygens (including phenoxy) is 2. The highest BCUT2D eigenvalue weighted by molar-refractivity contribution is 7.14. The number of hydrogen-bond donors (Lipinski definition) is 3. The van der Waals surface area contributed by atoms with E-state index < -0.39 is 57.7 Å². The minimum Gasteiger partial charge on any atom is -0.472 e. The molecule has 9 nitrogen and oxygen atoms in total. The van der Waals surface area contributed by atoms with Gasteiger partial charge in [-0.25, -0.2) is 8.78 Å². The van der Waals surface area contributed by atoms with Gasteiger partial charge in [-0.05, 0) is 50.1 Å². The van der Waals surface area contributed by atoms with Crippen molar-refractivity contribution in [3.05, 3.63) is 57.2 Å². The number of nitrogen functional groups attached to an aromatic ring is 1. The van der Waals surface area contributed by atoms with Crippen LogP contribution in [0.4, 0.5) is 27.0 Å². The highest BCUT2D eigenvalue weighted by atomic mass is 35.5. The molecule has 0 amide bonds. The van der Waals surface area contributed by atoms with E-state index in [4.69, 9.17) is 26.8 Å². The molecule has 2 aromatic heterocycles. The molecule has 0 spiro atoms. The number of benzene rings is 1. The summed E-state index contributed by atoms with van der Waals surface area (Å²) < 4.78 is 85.7. The van der Waals surface area contributed by atoms with E-state index in [1.54, 1.807) is 0 Å². The van der Waals surface area contributed by atoms with E-state index in [0.717, 1.165) is 29.9 Å². The fraction of sp³-hybridized carbons (Fsp3) is 0.452. The van der Waals surface area contributed by atoms with E-state index in [-0.39, 0.29) is 65.5 Å². The molecule has 3 aromatic rings. The Morgan fingerprint density at radius 2 is 2.17 bits per heavy atom. The first kappa shape index (κ1) is 33.4. The van der Waals surface area contributed by atoms with Crippen molar-refractivity contribution in [2.45, 2.75) is 55.7 Å². The summed E-state index contributed by atoms with van der Waals surface area (Å²) in [4.78, 5) is 10.6. The number of nitrogens with zero attached hydrogens (tertiary/aromatic N) is 4. The van der Waals surface area contributed by atoms with E-state index in [1.807, 2.05) is 11.0 Å². The molecule has 3 aliphatic heterocycles. The highest BCUT2D eigenvalue weighted by Crippen LogP contribution is 2.48. The maximum absolute atomic E-state index is 15.3. The van der Waals surface area contributed by atoms with Crippen molar-refractivity contribution >= 4 is 44.4 Å². The van der Waals surface area contributed by atoms with Crippen LogP contribution in [0.1, 0.15) is 47.9 Å². The number of aliphatic hydroxyl groups excluding tert-OH is 1. The molecule has 0 radical (unpaired) electrons. The number of fused-ring (bicyclic) bond motifs is 2. The zero-order valence-electron chi connectivity index (χ0n) is 24.8. The summed E-state index contributed by atoms with van der Waals surface area (Å²) in [6.07, 6.45) is -2.62. The van der Waals surface area contributed by atoms with Crippen LogP contribution in [0.3, 0.4) is 0 Å². The van der Waals surface area contributed by atoms with Crippen molar-refractivity contribution in [1.29, 1.82) is 5.26 Å². The van der Waals surface area contributed by atoms with Gasteiger partial charge in [0.05, 0.1) is 46.5 Å². The van der Waals surface area contributed by atoms with Gasteiger partial charge in [0.2, 0.25) is 5.88 Å². The average Bonchev–Trinajstić information content (AvgIpc) is 3.79. The van der Waals surface area contributed by atoms with E-state index in [1.165, 1.54) is 11.4 Å². The molecule has 0 saturated carbocycles. The van der Waals surface area contributed by atoms with Crippen LogP contribution in [0.5, 0.6) is 11.9 Å². The lowest BCUT2D eigenvalue weighted by Crippen LogP contribution is -2.43. The predicted molar refractivity (Wildman–Crippen MR) is 167 cm³/mol. The third-order valence-electron chi connectivity index (χ3n) is 8.97. The predicted octanol–water partition coefficient (Wildman–Crippen LogP) is 5.79. The highest BCUT2D eigenvalue weighted by Gasteiger charge is 2.49. The monoisotopic (exact) mass is 696 g/mol. The average molecular weight is 697 g/mol. The van der Waals surface area contributed by atoms with E-state index in [9.17, 15) is 19.1 Å². The number of alkyl halides is 4. The van der Waals surface area contributed by atoms with Gasteiger partial charge in [0.1, 0.15) is 30.0 Å². The van der Waals surface area contributed by atoms with Gasteiger partial charge in [-0.2, -0.15) is 28.4 Å². The summed E-state index contributed by atoms with van der Waals surface area (Å²) >= 11 is 7.58. The van der Waals surface area contributed by atoms with Crippen molar-refractivity contribution < 1.29 is 36.5 Å². The Morgan fingerprint density at radius 1 is 1.36 bits per heavy atom. The van der Waals surface area contributed by atoms with Gasteiger partial charge in [-0.15, -0.1) is 11.3 Å². The molecule has 4 N–H and O–H groups in total. The number of nitrogens with two attached hydrogens (primary N) is 1. The third-order valence-corrected chi connectivity index (χ3v) is 10.1. The van der Waals surface area contributed by atoms with Crippen molar-refractivity contribution in [2.24, 2.45) is 0 Å². The van der Waals surface area contributed by atoms with E-state index >= 15 is 13.2 Å². The van der Waals surface area contributed by atoms with Crippen LogP contribution in [-0.4, -0.2) is 76.7 Å². The number of hydrogen-bond acceptors (Lipinski definition) is 10. The van der Waals surface area contributed by atoms with Gasteiger partial charge in [-0.3, -0.25) is 4.90 Å². The molecule has 6 rings (SSSR count). The largest absolute Gasteiger partial charge is 0.472 e. The molecule has 3 aliphatic rings. The van der Waals surface area contributed by atoms with Crippen molar-refractivity contribution in [3.8, 4) is 18.0 Å². The first-order valence-corrected chi connectivity index (χ1v) is 16.1. The summed E-state index contributed by atoms with van der Waals surface area (Å²) in [7, 11) is 0. The van der Waals surface area contributed by atoms with Crippen molar-refractivity contribution in [2.75, 3.05) is 38.6 Å². The molecule has 0 aliphatic carbocycles. The molecular formula is C31H30ClF5N6O3S. The molecule has 47 heavy (non-hydrogen) atoms. The van der Waals surface area contributed by atoms with Crippen LogP contribution < -0.4 is 20.5 Å². The number of rotatable bonds is 9. The number of aliphatic hydroxyl groups is 1. The molecular weight excluding hydrogens is 667 g/mol. The normalized spacial score (nSPS) is 25.1. The van der Waals surface area contributed by atoms with Gasteiger partial charge in [0.15, 0.2) is 0 Å². The number of allylic oxidation sites excluding steroid dienone is 2. The maximum Gasteiger partial charge on any atom is 0.419 e. The van der Waals surface area contributed by atoms with E-state index in [0.29, 0.717) is 25.9 Å². The zero-order valence-corrected chi connectivity index (χ0v) is 26.4. The number of nitrogens with one attached hydrogen (secondary N) is 1. The molecule has 5 heterocycles. The van der Waals surface area contributed by atoms with Crippen LogP contribution in [0.2, 0.25) is 5.02 Å². The number of thiophene rings is 1. The Labute approximate surface area is 275 Å². The van der Waals surface area contributed by atoms with Gasteiger partial charge in [0.25, 0.3) is 0 Å². The molecule has 4 atom stereocenters. The molecule has 250 valence electrons. The molecule has 0 bridgehead atoms. The van der Waals surface area contributed by atoms with E-state index in [2.05, 4.69) is 15.3 Å². The Kier molecular flexibility index (Phi) is 9.34. The standard InChI is InChI=1S/C31H30ClF5N6O3S/c32-21-9-18-26(25(31(35,36)37)24(21)17(3-1-6-33)20-14-47-27(39)19(20)11-38)41-29(42-28(18)46-23-4-7-40-22(23)13-44)45-15-30-5-2-8-43(30)12-16(34)10-30/h1,3,6,9,14,16,22-23,40,44H,2,4-5,7-8,10,12-13,15,39H2/b6-1+,17-3+/t16-,22-,23+,30+/m1/s1. The first-order chi connectivity index (χ1) is 22.5. The van der Waals surface area contributed by atoms with Crippen LogP contribution in [0, 0.1) is 11.3 Å². The second kappa shape index (κ2) is 13.2. The summed E-state index contributed by atoms with van der Waals surface area (Å²) in [6, 6.07) is 2.18. The van der Waals surface area contributed by atoms with Crippen LogP contribution in [0.25, 0.3) is 16.5 Å². The fourth-order valence-corrected chi connectivity index (χ4v) is 7.93. The summed E-state index contributed by atoms with van der Waals surface area (Å²) in [5.74, 6) is -0.252. The first-order valence-electron chi connectivity index (χ1n) is 14.9. The Morgan fingerprint density at radius 3 is 2.89 bits per heavy atom. The number of anilines is 1. The minimum absolute atomic E-state index is 0.0205.